The minimum absolute atomic E-state index is 0.130. The molecule has 9 heteroatoms. The van der Waals surface area contributed by atoms with Gasteiger partial charge in [0.1, 0.15) is 12.2 Å². The SMILES string of the molecule is CSC1C(OC(C)=O)CC(OC(C)=O)OC1c1ccc(C)c(Cc2ccc(-c3cccc(CN4CCOCC4)c3)s2)c1. The van der Waals surface area contributed by atoms with Gasteiger partial charge in [0.05, 0.1) is 18.5 Å². The fourth-order valence-electron chi connectivity index (χ4n) is 5.66. The fraction of sp³-hybridized carbons (Fsp3) is 0.455. The van der Waals surface area contributed by atoms with E-state index in [1.807, 2.05) is 17.6 Å². The highest BCUT2D eigenvalue weighted by Crippen LogP contribution is 2.41. The molecule has 4 unspecified atom stereocenters. The predicted molar refractivity (Wildman–Crippen MR) is 167 cm³/mol. The molecule has 2 saturated heterocycles. The Morgan fingerprint density at radius 3 is 2.55 bits per heavy atom. The summed E-state index contributed by atoms with van der Waals surface area (Å²) in [6.07, 6.45) is 1.51. The van der Waals surface area contributed by atoms with Crippen molar-refractivity contribution in [1.29, 1.82) is 0 Å². The molecule has 0 radical (unpaired) electrons. The van der Waals surface area contributed by atoms with Crippen molar-refractivity contribution in [1.82, 2.24) is 4.90 Å². The van der Waals surface area contributed by atoms with Crippen molar-refractivity contribution < 1.29 is 28.5 Å². The summed E-state index contributed by atoms with van der Waals surface area (Å²) in [5.41, 5.74) is 5.96. The molecule has 0 saturated carbocycles. The molecule has 3 heterocycles. The third-order valence-electron chi connectivity index (χ3n) is 7.72. The van der Waals surface area contributed by atoms with E-state index in [1.165, 1.54) is 45.9 Å². The second-order valence-electron chi connectivity index (χ2n) is 10.9. The number of benzene rings is 2. The number of carbonyl (C=O) groups excluding carboxylic acids is 2. The molecule has 2 aliphatic heterocycles. The maximum atomic E-state index is 11.9. The Hall–Kier alpha value is -2.69. The van der Waals surface area contributed by atoms with Crippen molar-refractivity contribution in [2.24, 2.45) is 0 Å². The molecule has 7 nitrogen and oxygen atoms in total. The Morgan fingerprint density at radius 1 is 1.02 bits per heavy atom. The van der Waals surface area contributed by atoms with Crippen molar-refractivity contribution in [3.8, 4) is 10.4 Å². The molecule has 42 heavy (non-hydrogen) atoms. The number of carbonyl (C=O) groups is 2. The first kappa shape index (κ1) is 30.8. The van der Waals surface area contributed by atoms with Gasteiger partial charge in [-0.25, -0.2) is 0 Å². The summed E-state index contributed by atoms with van der Waals surface area (Å²) in [7, 11) is 0. The van der Waals surface area contributed by atoms with Crippen LogP contribution in [0.2, 0.25) is 0 Å². The van der Waals surface area contributed by atoms with E-state index in [4.69, 9.17) is 18.9 Å². The first-order chi connectivity index (χ1) is 20.3. The van der Waals surface area contributed by atoms with Crippen molar-refractivity contribution in [2.75, 3.05) is 32.6 Å². The molecule has 5 rings (SSSR count). The number of rotatable bonds is 9. The first-order valence-electron chi connectivity index (χ1n) is 14.4. The highest BCUT2D eigenvalue weighted by Gasteiger charge is 2.42. The molecule has 4 atom stereocenters. The van der Waals surface area contributed by atoms with Gasteiger partial charge in [-0.1, -0.05) is 36.4 Å². The molecule has 0 aliphatic carbocycles. The lowest BCUT2D eigenvalue weighted by Crippen LogP contribution is -2.45. The lowest BCUT2D eigenvalue weighted by atomic mass is 9.93. The Morgan fingerprint density at radius 2 is 1.81 bits per heavy atom. The van der Waals surface area contributed by atoms with Gasteiger partial charge in [-0.2, -0.15) is 11.8 Å². The van der Waals surface area contributed by atoms with E-state index in [2.05, 4.69) is 66.4 Å². The van der Waals surface area contributed by atoms with Gasteiger partial charge in [0, 0.05) is 56.1 Å². The quantitative estimate of drug-likeness (QED) is 0.267. The highest BCUT2D eigenvalue weighted by molar-refractivity contribution is 7.99. The van der Waals surface area contributed by atoms with E-state index in [1.54, 1.807) is 11.8 Å². The minimum Gasteiger partial charge on any atom is -0.461 e. The minimum atomic E-state index is -0.774. The maximum Gasteiger partial charge on any atom is 0.304 e. The molecular formula is C33H39NO6S2. The summed E-state index contributed by atoms with van der Waals surface area (Å²) in [4.78, 5) is 28.6. The third-order valence-corrected chi connectivity index (χ3v) is 9.95. The number of thioether (sulfide) groups is 1. The number of thiophene rings is 1. The van der Waals surface area contributed by atoms with Crippen molar-refractivity contribution in [3.05, 3.63) is 81.7 Å². The summed E-state index contributed by atoms with van der Waals surface area (Å²) >= 11 is 3.42. The van der Waals surface area contributed by atoms with Crippen LogP contribution in [0.3, 0.4) is 0 Å². The highest BCUT2D eigenvalue weighted by atomic mass is 32.2. The van der Waals surface area contributed by atoms with E-state index in [0.717, 1.165) is 44.8 Å². The number of nitrogens with zero attached hydrogens (tertiary/aromatic N) is 1. The number of morpholine rings is 1. The summed E-state index contributed by atoms with van der Waals surface area (Å²) < 4.78 is 22.9. The molecule has 0 amide bonds. The normalized spacial score (nSPS) is 23.0. The van der Waals surface area contributed by atoms with Crippen molar-refractivity contribution >= 4 is 35.0 Å². The van der Waals surface area contributed by atoms with E-state index >= 15 is 0 Å². The van der Waals surface area contributed by atoms with Crippen LogP contribution < -0.4 is 0 Å². The average Bonchev–Trinajstić information content (AvgIpc) is 3.43. The molecule has 0 bridgehead atoms. The van der Waals surface area contributed by atoms with Crippen molar-refractivity contribution in [3.63, 3.8) is 0 Å². The van der Waals surface area contributed by atoms with Gasteiger partial charge in [-0.05, 0) is 59.2 Å². The monoisotopic (exact) mass is 609 g/mol. The zero-order valence-corrected chi connectivity index (χ0v) is 26.3. The zero-order valence-electron chi connectivity index (χ0n) is 24.7. The lowest BCUT2D eigenvalue weighted by Gasteiger charge is -2.40. The molecule has 224 valence electrons. The van der Waals surface area contributed by atoms with Gasteiger partial charge in [0.25, 0.3) is 0 Å². The smallest absolute Gasteiger partial charge is 0.304 e. The second-order valence-corrected chi connectivity index (χ2v) is 13.1. The van der Waals surface area contributed by atoms with Gasteiger partial charge >= 0.3 is 11.9 Å². The van der Waals surface area contributed by atoms with Crippen LogP contribution in [0.1, 0.15) is 53.5 Å². The van der Waals surface area contributed by atoms with E-state index in [-0.39, 0.29) is 11.2 Å². The van der Waals surface area contributed by atoms with Crippen LogP contribution >= 0.6 is 23.1 Å². The average molecular weight is 610 g/mol. The van der Waals surface area contributed by atoms with E-state index < -0.39 is 24.5 Å². The van der Waals surface area contributed by atoms with Crippen LogP contribution in [-0.2, 0) is 41.5 Å². The Balaban J connectivity index is 1.34. The molecule has 0 N–H and O–H groups in total. The molecule has 2 aromatic carbocycles. The van der Waals surface area contributed by atoms with Crippen LogP contribution in [0, 0.1) is 6.92 Å². The topological polar surface area (TPSA) is 74.3 Å². The number of hydrogen-bond acceptors (Lipinski definition) is 9. The summed E-state index contributed by atoms with van der Waals surface area (Å²) in [6.45, 7) is 9.40. The molecule has 0 spiro atoms. The largest absolute Gasteiger partial charge is 0.461 e. The molecule has 2 aliphatic rings. The van der Waals surface area contributed by atoms with Crippen LogP contribution in [0.15, 0.2) is 54.6 Å². The van der Waals surface area contributed by atoms with Crippen LogP contribution in [0.4, 0.5) is 0 Å². The standard InChI is InChI=1S/C33H39NO6S2/c1-21-8-9-26(32-33(41-4)29(38-22(2)35)19-31(40-32)39-23(3)36)17-27(21)18-28-10-11-30(42-28)25-7-5-6-24(16-25)20-34-12-14-37-15-13-34/h5-11,16-17,29,31-33H,12-15,18-20H2,1-4H3. The number of aryl methyl sites for hydroxylation is 1. The van der Waals surface area contributed by atoms with Gasteiger partial charge in [0.2, 0.25) is 6.29 Å². The van der Waals surface area contributed by atoms with Gasteiger partial charge in [0.15, 0.2) is 0 Å². The van der Waals surface area contributed by atoms with Gasteiger partial charge in [-0.15, -0.1) is 11.3 Å². The number of ether oxygens (including phenoxy) is 4. The first-order valence-corrected chi connectivity index (χ1v) is 16.5. The molecular weight excluding hydrogens is 570 g/mol. The van der Waals surface area contributed by atoms with Crippen LogP contribution in [0.25, 0.3) is 10.4 Å². The third kappa shape index (κ3) is 7.82. The Bertz CT molecular complexity index is 1380. The van der Waals surface area contributed by atoms with Gasteiger partial charge < -0.3 is 18.9 Å². The predicted octanol–water partition coefficient (Wildman–Crippen LogP) is 6.16. The number of esters is 2. The van der Waals surface area contributed by atoms with Gasteiger partial charge in [-0.3, -0.25) is 14.5 Å². The molecule has 3 aromatic rings. The molecule has 1 aromatic heterocycles. The van der Waals surface area contributed by atoms with E-state index in [9.17, 15) is 9.59 Å². The van der Waals surface area contributed by atoms with E-state index in [0.29, 0.717) is 6.42 Å². The van der Waals surface area contributed by atoms with Crippen LogP contribution in [-0.4, -0.2) is 67.0 Å². The molecule has 2 fully saturated rings. The van der Waals surface area contributed by atoms with Crippen molar-refractivity contribution in [2.45, 2.75) is 63.9 Å². The van der Waals surface area contributed by atoms with Crippen LogP contribution in [0.5, 0.6) is 0 Å². The Labute approximate surface area is 256 Å². The maximum absolute atomic E-state index is 11.9. The summed E-state index contributed by atoms with van der Waals surface area (Å²) in [5, 5.41) is -0.130. The fourth-order valence-corrected chi connectivity index (χ4v) is 7.63. The second kappa shape index (κ2) is 14.2. The summed E-state index contributed by atoms with van der Waals surface area (Å²) in [5.74, 6) is -0.779. The zero-order chi connectivity index (χ0) is 29.6. The number of hydrogen-bond donors (Lipinski definition) is 0. The Kier molecular flexibility index (Phi) is 10.4. The lowest BCUT2D eigenvalue weighted by molar-refractivity contribution is -0.218. The summed E-state index contributed by atoms with van der Waals surface area (Å²) in [6, 6.07) is 19.6.